The normalized spacial score (nSPS) is 10.9. The summed E-state index contributed by atoms with van der Waals surface area (Å²) in [5.74, 6) is 0. The first-order valence-corrected chi connectivity index (χ1v) is 4.95. The van der Waals surface area contributed by atoms with Crippen LogP contribution >= 0.6 is 0 Å². The molecule has 74 valence electrons. The summed E-state index contributed by atoms with van der Waals surface area (Å²) in [5.41, 5.74) is -0.403. The molecule has 5 nitrogen and oxygen atoms in total. The molecule has 6 heteroatoms. The molecule has 0 heterocycles. The van der Waals surface area contributed by atoms with E-state index in [-0.39, 0.29) is 17.4 Å². The lowest BCUT2D eigenvalue weighted by Gasteiger charge is -2.02. The van der Waals surface area contributed by atoms with Crippen molar-refractivity contribution in [1.82, 2.24) is 0 Å². The van der Waals surface area contributed by atoms with E-state index in [1.54, 1.807) is 0 Å². The van der Waals surface area contributed by atoms with Gasteiger partial charge in [0.25, 0.3) is 10.1 Å². The van der Waals surface area contributed by atoms with Crippen molar-refractivity contribution in [2.24, 2.45) is 0 Å². The van der Waals surface area contributed by atoms with Crippen molar-refractivity contribution in [2.45, 2.75) is 4.90 Å². The average Bonchev–Trinajstić information content (AvgIpc) is 2.15. The van der Waals surface area contributed by atoms with E-state index in [4.69, 9.17) is 4.55 Å². The zero-order chi connectivity index (χ0) is 10.8. The molecule has 0 aliphatic heterocycles. The van der Waals surface area contributed by atoms with Crippen LogP contribution in [0.5, 0.6) is 0 Å². The molecule has 0 atom stereocenters. The van der Waals surface area contributed by atoms with Gasteiger partial charge in [0, 0.05) is 11.1 Å². The van der Waals surface area contributed by atoms with Gasteiger partial charge in [0.05, 0.1) is 0 Å². The van der Waals surface area contributed by atoms with Crippen LogP contribution in [0.15, 0.2) is 23.1 Å². The van der Waals surface area contributed by atoms with Crippen molar-refractivity contribution in [2.75, 3.05) is 0 Å². The van der Waals surface area contributed by atoms with Gasteiger partial charge in [-0.15, -0.1) is 0 Å². The molecule has 0 bridgehead atoms. The number of rotatable bonds is 3. The third-order valence-corrected chi connectivity index (χ3v) is 2.53. The Balaban J connectivity index is 3.61. The molecule has 0 aliphatic rings. The molecule has 0 aromatic heterocycles. The van der Waals surface area contributed by atoms with Crippen LogP contribution in [0.25, 0.3) is 0 Å². The number of carbonyl (C=O) groups excluding carboxylic acids is 2. The maximum absolute atomic E-state index is 10.8. The molecule has 0 saturated carbocycles. The van der Waals surface area contributed by atoms with Gasteiger partial charge in [0.15, 0.2) is 12.6 Å². The van der Waals surface area contributed by atoms with Crippen molar-refractivity contribution >= 4 is 22.7 Å². The molecule has 0 radical (unpaired) electrons. The zero-order valence-corrected chi connectivity index (χ0v) is 7.69. The minimum absolute atomic E-state index is 0.0740. The maximum atomic E-state index is 10.8. The highest BCUT2D eigenvalue weighted by atomic mass is 32.2. The zero-order valence-electron chi connectivity index (χ0n) is 6.88. The first-order valence-electron chi connectivity index (χ1n) is 3.51. The van der Waals surface area contributed by atoms with Crippen LogP contribution in [0.4, 0.5) is 0 Å². The fourth-order valence-corrected chi connectivity index (χ4v) is 1.71. The minimum atomic E-state index is -4.47. The number of benzene rings is 1. The second kappa shape index (κ2) is 3.69. The Bertz CT molecular complexity index is 475. The standard InChI is InChI=1S/C8H6O5S/c9-4-6-2-1-3-8(7(6)5-10)14(11,12)13/h1-5H,(H,11,12,13). The van der Waals surface area contributed by atoms with E-state index >= 15 is 0 Å². The molecular weight excluding hydrogens is 208 g/mol. The summed E-state index contributed by atoms with van der Waals surface area (Å²) in [6.07, 6.45) is 0.561. The smallest absolute Gasteiger partial charge is 0.295 e. The summed E-state index contributed by atoms with van der Waals surface area (Å²) in [6, 6.07) is 3.59. The third-order valence-electron chi connectivity index (χ3n) is 1.62. The Morgan fingerprint density at radius 3 is 2.21 bits per heavy atom. The van der Waals surface area contributed by atoms with Crippen LogP contribution < -0.4 is 0 Å². The van der Waals surface area contributed by atoms with Crippen LogP contribution in [0.3, 0.4) is 0 Å². The summed E-state index contributed by atoms with van der Waals surface area (Å²) in [6.45, 7) is 0. The first kappa shape index (κ1) is 10.6. The Morgan fingerprint density at radius 1 is 1.14 bits per heavy atom. The van der Waals surface area contributed by atoms with Crippen molar-refractivity contribution in [3.8, 4) is 0 Å². The molecule has 1 N–H and O–H groups in total. The van der Waals surface area contributed by atoms with Crippen molar-refractivity contribution in [1.29, 1.82) is 0 Å². The summed E-state index contributed by atoms with van der Waals surface area (Å²) < 4.78 is 30.2. The van der Waals surface area contributed by atoms with Gasteiger partial charge >= 0.3 is 0 Å². The molecule has 0 amide bonds. The van der Waals surface area contributed by atoms with E-state index in [1.807, 2.05) is 0 Å². The highest BCUT2D eigenvalue weighted by Crippen LogP contribution is 2.16. The fourth-order valence-electron chi connectivity index (χ4n) is 1.01. The first-order chi connectivity index (χ1) is 6.50. The summed E-state index contributed by atoms with van der Waals surface area (Å²) in [7, 11) is -4.47. The van der Waals surface area contributed by atoms with Gasteiger partial charge in [-0.2, -0.15) is 8.42 Å². The van der Waals surface area contributed by atoms with E-state index in [2.05, 4.69) is 0 Å². The Morgan fingerprint density at radius 2 is 1.79 bits per heavy atom. The topological polar surface area (TPSA) is 88.5 Å². The SMILES string of the molecule is O=Cc1cccc(S(=O)(=O)O)c1C=O. The predicted octanol–water partition coefficient (Wildman–Crippen LogP) is 0.558. The van der Waals surface area contributed by atoms with E-state index in [1.165, 1.54) is 12.1 Å². The predicted molar refractivity (Wildman–Crippen MR) is 47.0 cm³/mol. The van der Waals surface area contributed by atoms with Gasteiger partial charge in [0.1, 0.15) is 4.90 Å². The van der Waals surface area contributed by atoms with Crippen LogP contribution in [0, 0.1) is 0 Å². The summed E-state index contributed by atoms with van der Waals surface area (Å²) in [5, 5.41) is 0. The second-order valence-electron chi connectivity index (χ2n) is 2.47. The second-order valence-corrected chi connectivity index (χ2v) is 3.86. The highest BCUT2D eigenvalue weighted by molar-refractivity contribution is 7.86. The molecular formula is C8H6O5S. The Kier molecular flexibility index (Phi) is 2.78. The van der Waals surface area contributed by atoms with Crippen LogP contribution in [-0.2, 0) is 10.1 Å². The molecule has 1 aromatic carbocycles. The number of aldehydes is 2. The van der Waals surface area contributed by atoms with Crippen LogP contribution in [0.2, 0.25) is 0 Å². The van der Waals surface area contributed by atoms with Crippen LogP contribution in [-0.4, -0.2) is 25.5 Å². The lowest BCUT2D eigenvalue weighted by atomic mass is 10.1. The summed E-state index contributed by atoms with van der Waals surface area (Å²) in [4.78, 5) is 20.4. The molecule has 14 heavy (non-hydrogen) atoms. The maximum Gasteiger partial charge on any atom is 0.295 e. The molecule has 0 aliphatic carbocycles. The van der Waals surface area contributed by atoms with E-state index < -0.39 is 15.0 Å². The number of hydrogen-bond acceptors (Lipinski definition) is 4. The van der Waals surface area contributed by atoms with Gasteiger partial charge in [-0.3, -0.25) is 14.1 Å². The van der Waals surface area contributed by atoms with Gasteiger partial charge in [0.2, 0.25) is 0 Å². The monoisotopic (exact) mass is 214 g/mol. The lowest BCUT2D eigenvalue weighted by molar-refractivity contribution is 0.109. The van der Waals surface area contributed by atoms with Gasteiger partial charge in [-0.05, 0) is 6.07 Å². The van der Waals surface area contributed by atoms with E-state index in [0.29, 0.717) is 6.29 Å². The fraction of sp³-hybridized carbons (Fsp3) is 0. The largest absolute Gasteiger partial charge is 0.298 e. The number of hydrogen-bond donors (Lipinski definition) is 1. The minimum Gasteiger partial charge on any atom is -0.298 e. The van der Waals surface area contributed by atoms with Gasteiger partial charge in [-0.25, -0.2) is 0 Å². The number of carbonyl (C=O) groups is 2. The third kappa shape index (κ3) is 1.86. The average molecular weight is 214 g/mol. The van der Waals surface area contributed by atoms with Crippen molar-refractivity contribution in [3.05, 3.63) is 29.3 Å². The lowest BCUT2D eigenvalue weighted by Crippen LogP contribution is -2.05. The van der Waals surface area contributed by atoms with E-state index in [0.717, 1.165) is 6.07 Å². The molecule has 1 rings (SSSR count). The Labute approximate surface area is 80.1 Å². The van der Waals surface area contributed by atoms with Gasteiger partial charge in [-0.1, -0.05) is 12.1 Å². The molecule has 0 saturated heterocycles. The molecule has 0 unspecified atom stereocenters. The van der Waals surface area contributed by atoms with Crippen molar-refractivity contribution in [3.63, 3.8) is 0 Å². The van der Waals surface area contributed by atoms with E-state index in [9.17, 15) is 18.0 Å². The molecule has 0 spiro atoms. The highest BCUT2D eigenvalue weighted by Gasteiger charge is 2.17. The van der Waals surface area contributed by atoms with Crippen LogP contribution in [0.1, 0.15) is 20.7 Å². The molecule has 1 aromatic rings. The van der Waals surface area contributed by atoms with Crippen molar-refractivity contribution < 1.29 is 22.6 Å². The summed E-state index contributed by atoms with van der Waals surface area (Å²) >= 11 is 0. The quantitative estimate of drug-likeness (QED) is 0.586. The molecule has 0 fully saturated rings. The Hall–Kier alpha value is -1.53. The van der Waals surface area contributed by atoms with Gasteiger partial charge < -0.3 is 0 Å².